The fourth-order valence-corrected chi connectivity index (χ4v) is 7.64. The molecule has 3 heterocycles. The lowest BCUT2D eigenvalue weighted by molar-refractivity contribution is 0.475. The molecule has 0 saturated heterocycles. The summed E-state index contributed by atoms with van der Waals surface area (Å²) in [6.45, 7) is 0. The highest BCUT2D eigenvalue weighted by Gasteiger charge is 2.17. The SMILES string of the molecule is N#CC(C#N)=c1[nH]c(=O)/c(=C\c2ccc(-c3ccc(-c4ccc(N(c5ccc(O)cc5)c5ccc(O)cc5)cc4)c4nsnc34)s2)s1. The van der Waals surface area contributed by atoms with Crippen LogP contribution in [-0.4, -0.2) is 23.9 Å². The molecule has 0 radical (unpaired) electrons. The zero-order valence-electron chi connectivity index (χ0n) is 24.1. The Hall–Kier alpha value is -6.05. The van der Waals surface area contributed by atoms with Crippen LogP contribution in [0.3, 0.4) is 0 Å². The van der Waals surface area contributed by atoms with Gasteiger partial charge in [-0.25, -0.2) is 0 Å². The molecule has 0 aliphatic heterocycles. The predicted molar refractivity (Wildman–Crippen MR) is 187 cm³/mol. The number of anilines is 3. The number of thiazole rings is 1. The normalized spacial score (nSPS) is 11.3. The summed E-state index contributed by atoms with van der Waals surface area (Å²) in [5.41, 5.74) is 6.50. The topological polar surface area (TPSA) is 150 Å². The van der Waals surface area contributed by atoms with E-state index in [-0.39, 0.29) is 27.3 Å². The molecule has 0 aliphatic rings. The third-order valence-corrected chi connectivity index (χ3v) is 9.97. The number of phenolic OH excluding ortho intramolecular Hbond substituents is 2. The third-order valence-electron chi connectivity index (χ3n) is 7.35. The molecule has 3 N–H and O–H groups in total. The molecule has 7 rings (SSSR count). The van der Waals surface area contributed by atoms with E-state index >= 15 is 0 Å². The number of aromatic hydroxyl groups is 2. The molecular weight excluding hydrogens is 649 g/mol. The van der Waals surface area contributed by atoms with E-state index < -0.39 is 0 Å². The standard InChI is InChI=1S/C35H20N6O3S3/c36-18-21(19-37)35-38-34(44)31(46-35)17-27-13-16-30(45-27)29-15-14-28(32-33(29)40-47-39-32)20-1-3-22(4-2-20)41(23-5-9-25(42)10-6-23)24-7-11-26(43)12-8-24/h1-17,42-43H,(H,38,44)/b31-17+. The van der Waals surface area contributed by atoms with Gasteiger partial charge in [-0.1, -0.05) is 24.3 Å². The lowest BCUT2D eigenvalue weighted by atomic mass is 10.0. The van der Waals surface area contributed by atoms with Crippen LogP contribution in [0.5, 0.6) is 11.5 Å². The predicted octanol–water partition coefficient (Wildman–Crippen LogP) is 6.74. The molecule has 0 spiro atoms. The van der Waals surface area contributed by atoms with Crippen molar-refractivity contribution in [1.82, 2.24) is 13.7 Å². The summed E-state index contributed by atoms with van der Waals surface area (Å²) in [7, 11) is 0. The van der Waals surface area contributed by atoms with Crippen LogP contribution >= 0.6 is 34.4 Å². The summed E-state index contributed by atoms with van der Waals surface area (Å²) in [6, 6.07) is 33.6. The van der Waals surface area contributed by atoms with Crippen molar-refractivity contribution < 1.29 is 10.2 Å². The van der Waals surface area contributed by atoms with Crippen molar-refractivity contribution in [2.24, 2.45) is 0 Å². The van der Waals surface area contributed by atoms with Crippen LogP contribution in [0.25, 0.3) is 44.3 Å². The van der Waals surface area contributed by atoms with Crippen molar-refractivity contribution >= 4 is 74.1 Å². The number of benzene rings is 4. The molecule has 0 unspecified atom stereocenters. The summed E-state index contributed by atoms with van der Waals surface area (Å²) in [5, 5.41) is 38.0. The Morgan fingerprint density at radius 2 is 1.28 bits per heavy atom. The Morgan fingerprint density at radius 1 is 0.723 bits per heavy atom. The maximum Gasteiger partial charge on any atom is 0.266 e. The Balaban J connectivity index is 1.23. The molecule has 7 aromatic rings. The number of hydrogen-bond donors (Lipinski definition) is 3. The van der Waals surface area contributed by atoms with Crippen LogP contribution in [0.4, 0.5) is 17.1 Å². The van der Waals surface area contributed by atoms with E-state index in [9.17, 15) is 15.0 Å². The second-order valence-corrected chi connectivity index (χ2v) is 12.9. The summed E-state index contributed by atoms with van der Waals surface area (Å²) in [6.07, 6.45) is 1.75. The Labute approximate surface area is 279 Å². The van der Waals surface area contributed by atoms with E-state index in [0.29, 0.717) is 4.53 Å². The van der Waals surface area contributed by atoms with Gasteiger partial charge in [0, 0.05) is 37.9 Å². The monoisotopic (exact) mass is 668 g/mol. The number of aromatic amines is 1. The van der Waals surface area contributed by atoms with E-state index in [2.05, 4.69) is 13.7 Å². The van der Waals surface area contributed by atoms with E-state index in [0.717, 1.165) is 77.6 Å². The van der Waals surface area contributed by atoms with Gasteiger partial charge in [0.1, 0.15) is 39.3 Å². The highest BCUT2D eigenvalue weighted by atomic mass is 32.1. The van der Waals surface area contributed by atoms with Crippen molar-refractivity contribution in [2.45, 2.75) is 0 Å². The maximum atomic E-state index is 12.5. The minimum Gasteiger partial charge on any atom is -0.508 e. The first-order valence-electron chi connectivity index (χ1n) is 14.0. The minimum atomic E-state index is -0.348. The lowest BCUT2D eigenvalue weighted by Crippen LogP contribution is -2.19. The molecule has 47 heavy (non-hydrogen) atoms. The Morgan fingerprint density at radius 3 is 1.87 bits per heavy atom. The fraction of sp³-hybridized carbons (Fsp3) is 0. The van der Waals surface area contributed by atoms with Gasteiger partial charge < -0.3 is 20.1 Å². The number of H-pyrrole nitrogens is 1. The molecule has 226 valence electrons. The number of nitrogens with zero attached hydrogens (tertiary/aromatic N) is 5. The molecule has 0 saturated carbocycles. The van der Waals surface area contributed by atoms with Gasteiger partial charge in [-0.15, -0.1) is 22.7 Å². The zero-order chi connectivity index (χ0) is 32.5. The number of fused-ring (bicyclic) bond motifs is 1. The van der Waals surface area contributed by atoms with Crippen LogP contribution in [0.15, 0.2) is 102 Å². The highest BCUT2D eigenvalue weighted by molar-refractivity contribution is 7.16. The smallest absolute Gasteiger partial charge is 0.266 e. The van der Waals surface area contributed by atoms with Gasteiger partial charge in [0.2, 0.25) is 0 Å². The van der Waals surface area contributed by atoms with Crippen LogP contribution < -0.4 is 19.7 Å². The number of rotatable bonds is 6. The molecule has 0 aliphatic carbocycles. The summed E-state index contributed by atoms with van der Waals surface area (Å²) in [4.78, 5) is 18.9. The van der Waals surface area contributed by atoms with E-state index in [1.807, 2.05) is 89.8 Å². The molecule has 0 atom stereocenters. The number of aromatic nitrogens is 3. The minimum absolute atomic E-state index is 0.126. The van der Waals surface area contributed by atoms with Gasteiger partial charge in [-0.2, -0.15) is 19.3 Å². The molecular formula is C35H20N6O3S3. The first-order chi connectivity index (χ1) is 22.9. The van der Waals surface area contributed by atoms with Gasteiger partial charge in [-0.05, 0) is 84.4 Å². The molecule has 9 nitrogen and oxygen atoms in total. The number of hydrogen-bond acceptors (Lipinski definition) is 11. The van der Waals surface area contributed by atoms with Crippen molar-refractivity contribution in [3.63, 3.8) is 0 Å². The van der Waals surface area contributed by atoms with E-state index in [4.69, 9.17) is 10.5 Å². The lowest BCUT2D eigenvalue weighted by Gasteiger charge is -2.25. The van der Waals surface area contributed by atoms with E-state index in [1.54, 1.807) is 30.3 Å². The Bertz CT molecular complexity index is 2470. The number of thiophene rings is 1. The van der Waals surface area contributed by atoms with Gasteiger partial charge >= 0.3 is 0 Å². The highest BCUT2D eigenvalue weighted by Crippen LogP contribution is 2.40. The maximum absolute atomic E-state index is 12.5. The quantitative estimate of drug-likeness (QED) is 0.176. The van der Waals surface area contributed by atoms with Crippen molar-refractivity contribution in [1.29, 1.82) is 10.5 Å². The van der Waals surface area contributed by atoms with Crippen molar-refractivity contribution in [2.75, 3.05) is 4.90 Å². The van der Waals surface area contributed by atoms with Crippen molar-refractivity contribution in [3.05, 3.63) is 121 Å². The van der Waals surface area contributed by atoms with Gasteiger partial charge in [0.25, 0.3) is 5.56 Å². The van der Waals surface area contributed by atoms with Gasteiger partial charge in [0.15, 0.2) is 5.57 Å². The first-order valence-corrected chi connectivity index (χ1v) is 16.4. The molecule has 3 aromatic heterocycles. The van der Waals surface area contributed by atoms with Crippen LogP contribution in [0.2, 0.25) is 0 Å². The van der Waals surface area contributed by atoms with E-state index in [1.165, 1.54) is 11.3 Å². The molecule has 0 fully saturated rings. The summed E-state index contributed by atoms with van der Waals surface area (Å²) in [5.74, 6) is 0.349. The van der Waals surface area contributed by atoms with Crippen LogP contribution in [0, 0.1) is 22.7 Å². The van der Waals surface area contributed by atoms with Crippen LogP contribution in [0.1, 0.15) is 4.88 Å². The van der Waals surface area contributed by atoms with Crippen LogP contribution in [-0.2, 0) is 0 Å². The molecule has 12 heteroatoms. The molecule has 4 aromatic carbocycles. The number of phenols is 2. The second-order valence-electron chi connectivity index (χ2n) is 10.2. The number of nitriles is 2. The van der Waals surface area contributed by atoms with Crippen molar-refractivity contribution in [3.8, 4) is 45.2 Å². The third kappa shape index (κ3) is 5.76. The second kappa shape index (κ2) is 12.4. The largest absolute Gasteiger partial charge is 0.508 e. The summed E-state index contributed by atoms with van der Waals surface area (Å²) >= 11 is 3.73. The average molecular weight is 669 g/mol. The molecule has 0 amide bonds. The zero-order valence-corrected chi connectivity index (χ0v) is 26.5. The average Bonchev–Trinajstić information content (AvgIpc) is 3.85. The fourth-order valence-electron chi connectivity index (χ4n) is 5.12. The van der Waals surface area contributed by atoms with Gasteiger partial charge in [-0.3, -0.25) is 4.79 Å². The summed E-state index contributed by atoms with van der Waals surface area (Å²) < 4.78 is 9.93. The Kier molecular flexibility index (Phi) is 7.81. The molecule has 0 bridgehead atoms. The van der Waals surface area contributed by atoms with Gasteiger partial charge in [0.05, 0.1) is 16.3 Å². The first kappa shape index (κ1) is 29.6. The number of nitrogens with one attached hydrogen (secondary N) is 1.